The summed E-state index contributed by atoms with van der Waals surface area (Å²) in [7, 11) is 0. The third kappa shape index (κ3) is 4.13. The molecule has 0 aliphatic heterocycles. The van der Waals surface area contributed by atoms with Gasteiger partial charge >= 0.3 is 5.97 Å². The topological polar surface area (TPSA) is 92.4 Å². The molecule has 0 saturated heterocycles. The van der Waals surface area contributed by atoms with E-state index in [0.29, 0.717) is 6.54 Å². The van der Waals surface area contributed by atoms with Gasteiger partial charge in [-0.3, -0.25) is 4.79 Å². The highest BCUT2D eigenvalue weighted by Gasteiger charge is 2.18. The molecule has 1 rings (SSSR count). The Morgan fingerprint density at radius 2 is 2.16 bits per heavy atom. The van der Waals surface area contributed by atoms with Crippen molar-refractivity contribution in [1.29, 1.82) is 0 Å². The number of hydrogen-bond donors (Lipinski definition) is 3. The predicted molar refractivity (Wildman–Crippen MR) is 71.8 cm³/mol. The molecule has 0 fully saturated rings. The fraction of sp³-hybridized carbons (Fsp3) is 0.333. The molecule has 0 aliphatic rings. The van der Waals surface area contributed by atoms with Gasteiger partial charge in [0.2, 0.25) is 5.91 Å². The van der Waals surface area contributed by atoms with Crippen molar-refractivity contribution in [3.63, 3.8) is 0 Å². The quantitative estimate of drug-likeness (QED) is 0.547. The summed E-state index contributed by atoms with van der Waals surface area (Å²) in [5, 5.41) is 11.7. The van der Waals surface area contributed by atoms with Gasteiger partial charge in [0.15, 0.2) is 0 Å². The largest absolute Gasteiger partial charge is 0.478 e. The molecule has 0 aromatic heterocycles. The van der Waals surface area contributed by atoms with Crippen LogP contribution in [0, 0.1) is 5.82 Å². The first kappa shape index (κ1) is 15.3. The Hall–Kier alpha value is -1.76. The Bertz CT molecular complexity index is 494. The second kappa shape index (κ2) is 6.98. The van der Waals surface area contributed by atoms with Crippen LogP contribution in [0.25, 0.3) is 0 Å². The lowest BCUT2D eigenvalue weighted by Crippen LogP contribution is -2.25. The van der Waals surface area contributed by atoms with Crippen LogP contribution in [-0.2, 0) is 4.79 Å². The number of carboxylic acid groups (broad SMARTS) is 1. The molecule has 1 aromatic rings. The lowest BCUT2D eigenvalue weighted by atomic mass is 10.2. The number of halogens is 1. The van der Waals surface area contributed by atoms with Gasteiger partial charge in [0.25, 0.3) is 0 Å². The smallest absolute Gasteiger partial charge is 0.339 e. The van der Waals surface area contributed by atoms with Crippen LogP contribution in [0.2, 0.25) is 0 Å². The Balaban J connectivity index is 2.81. The highest BCUT2D eigenvalue weighted by atomic mass is 32.2. The van der Waals surface area contributed by atoms with Crippen molar-refractivity contribution in [2.24, 2.45) is 0 Å². The van der Waals surface area contributed by atoms with E-state index in [1.165, 1.54) is 6.07 Å². The van der Waals surface area contributed by atoms with E-state index in [0.717, 1.165) is 24.2 Å². The van der Waals surface area contributed by atoms with Gasteiger partial charge in [0.05, 0.1) is 17.0 Å². The van der Waals surface area contributed by atoms with Crippen molar-refractivity contribution in [2.45, 2.75) is 18.2 Å². The summed E-state index contributed by atoms with van der Waals surface area (Å²) in [6, 6.07) is 2.40. The summed E-state index contributed by atoms with van der Waals surface area (Å²) in [5.41, 5.74) is 4.69. The van der Waals surface area contributed by atoms with E-state index in [2.05, 4.69) is 5.32 Å². The molecule has 5 nitrogen and oxygen atoms in total. The Morgan fingerprint density at radius 3 is 2.74 bits per heavy atom. The molecule has 19 heavy (non-hydrogen) atoms. The molecule has 0 heterocycles. The monoisotopic (exact) mass is 286 g/mol. The maximum absolute atomic E-state index is 13.2. The maximum Gasteiger partial charge on any atom is 0.339 e. The summed E-state index contributed by atoms with van der Waals surface area (Å²) < 4.78 is 13.2. The molecule has 1 aromatic carbocycles. The Labute approximate surface area is 114 Å². The lowest BCUT2D eigenvalue weighted by Gasteiger charge is -2.09. The number of carbonyl (C=O) groups excluding carboxylic acids is 1. The first-order chi connectivity index (χ1) is 8.97. The van der Waals surface area contributed by atoms with Gasteiger partial charge in [-0.15, -0.1) is 11.8 Å². The zero-order valence-corrected chi connectivity index (χ0v) is 11.2. The number of hydrogen-bond acceptors (Lipinski definition) is 4. The number of carbonyl (C=O) groups is 2. The van der Waals surface area contributed by atoms with Crippen molar-refractivity contribution in [1.82, 2.24) is 5.32 Å². The fourth-order valence-electron chi connectivity index (χ4n) is 1.37. The number of nitrogens with one attached hydrogen (secondary N) is 1. The van der Waals surface area contributed by atoms with Gasteiger partial charge in [-0.1, -0.05) is 6.92 Å². The van der Waals surface area contributed by atoms with Crippen LogP contribution in [0.4, 0.5) is 10.1 Å². The molecule has 0 radical (unpaired) electrons. The molecule has 4 N–H and O–H groups in total. The molecule has 1 amide bonds. The lowest BCUT2D eigenvalue weighted by molar-refractivity contribution is -0.118. The molecular formula is C12H15FN2O3S. The number of aromatic carboxylic acids is 1. The SMILES string of the molecule is CCCNC(=O)CSc1ccc(F)c(N)c1C(=O)O. The van der Waals surface area contributed by atoms with Gasteiger partial charge in [-0.25, -0.2) is 9.18 Å². The number of nitrogen functional groups attached to an aromatic ring is 1. The summed E-state index contributed by atoms with van der Waals surface area (Å²) in [6.45, 7) is 2.49. The summed E-state index contributed by atoms with van der Waals surface area (Å²) in [5.74, 6) is -2.23. The number of amides is 1. The van der Waals surface area contributed by atoms with Crippen molar-refractivity contribution in [3.05, 3.63) is 23.5 Å². The number of anilines is 1. The van der Waals surface area contributed by atoms with E-state index in [9.17, 15) is 14.0 Å². The predicted octanol–water partition coefficient (Wildman–Crippen LogP) is 1.72. The number of nitrogens with two attached hydrogens (primary N) is 1. The van der Waals surface area contributed by atoms with E-state index in [-0.39, 0.29) is 22.1 Å². The fourth-order valence-corrected chi connectivity index (χ4v) is 2.27. The van der Waals surface area contributed by atoms with Crippen LogP contribution in [-0.4, -0.2) is 29.3 Å². The van der Waals surface area contributed by atoms with E-state index in [1.54, 1.807) is 0 Å². The van der Waals surface area contributed by atoms with Crippen molar-refractivity contribution in [3.8, 4) is 0 Å². The number of benzene rings is 1. The molecule has 0 aliphatic carbocycles. The van der Waals surface area contributed by atoms with E-state index >= 15 is 0 Å². The molecule has 0 atom stereocenters. The molecule has 0 bridgehead atoms. The highest BCUT2D eigenvalue weighted by molar-refractivity contribution is 8.00. The van der Waals surface area contributed by atoms with Gasteiger partial charge in [-0.2, -0.15) is 0 Å². The number of thioether (sulfide) groups is 1. The number of carboxylic acids is 1. The van der Waals surface area contributed by atoms with Crippen LogP contribution in [0.1, 0.15) is 23.7 Å². The molecule has 7 heteroatoms. The third-order valence-electron chi connectivity index (χ3n) is 2.30. The Kier molecular flexibility index (Phi) is 5.62. The van der Waals surface area contributed by atoms with Gasteiger partial charge < -0.3 is 16.2 Å². The van der Waals surface area contributed by atoms with Crippen molar-refractivity contribution >= 4 is 29.3 Å². The summed E-state index contributed by atoms with van der Waals surface area (Å²) >= 11 is 1.02. The molecule has 0 saturated carbocycles. The van der Waals surface area contributed by atoms with Crippen LogP contribution in [0.3, 0.4) is 0 Å². The second-order valence-electron chi connectivity index (χ2n) is 3.78. The van der Waals surface area contributed by atoms with Gasteiger partial charge in [0.1, 0.15) is 5.82 Å². The Morgan fingerprint density at radius 1 is 1.47 bits per heavy atom. The minimum absolute atomic E-state index is 0.0609. The first-order valence-corrected chi connectivity index (χ1v) is 6.66. The van der Waals surface area contributed by atoms with Crippen molar-refractivity contribution < 1.29 is 19.1 Å². The highest BCUT2D eigenvalue weighted by Crippen LogP contribution is 2.29. The zero-order chi connectivity index (χ0) is 14.4. The van der Waals surface area contributed by atoms with Gasteiger partial charge in [-0.05, 0) is 18.6 Å². The summed E-state index contributed by atoms with van der Waals surface area (Å²) in [4.78, 5) is 22.8. The van der Waals surface area contributed by atoms with E-state index in [4.69, 9.17) is 10.8 Å². The van der Waals surface area contributed by atoms with E-state index in [1.807, 2.05) is 6.92 Å². The number of rotatable bonds is 6. The third-order valence-corrected chi connectivity index (χ3v) is 3.36. The van der Waals surface area contributed by atoms with Crippen LogP contribution in [0.5, 0.6) is 0 Å². The first-order valence-electron chi connectivity index (χ1n) is 5.68. The minimum Gasteiger partial charge on any atom is -0.478 e. The standard InChI is InChI=1S/C12H15FN2O3S/c1-2-5-15-9(16)6-19-8-4-3-7(13)11(14)10(8)12(17)18/h3-4H,2,5-6,14H2,1H3,(H,15,16)(H,17,18). The molecule has 0 spiro atoms. The second-order valence-corrected chi connectivity index (χ2v) is 4.80. The van der Waals surface area contributed by atoms with Crippen molar-refractivity contribution in [2.75, 3.05) is 18.0 Å². The van der Waals surface area contributed by atoms with Gasteiger partial charge in [0, 0.05) is 11.4 Å². The molecular weight excluding hydrogens is 271 g/mol. The average molecular weight is 286 g/mol. The summed E-state index contributed by atoms with van der Waals surface area (Å²) in [6.07, 6.45) is 0.820. The van der Waals surface area contributed by atoms with E-state index < -0.39 is 17.5 Å². The maximum atomic E-state index is 13.2. The van der Waals surface area contributed by atoms with Crippen LogP contribution < -0.4 is 11.1 Å². The normalized spacial score (nSPS) is 10.2. The minimum atomic E-state index is -1.31. The molecule has 0 unspecified atom stereocenters. The van der Waals surface area contributed by atoms with Crippen LogP contribution in [0.15, 0.2) is 17.0 Å². The average Bonchev–Trinajstić information content (AvgIpc) is 2.37. The molecule has 104 valence electrons. The zero-order valence-electron chi connectivity index (χ0n) is 10.4. The van der Waals surface area contributed by atoms with Crippen LogP contribution >= 0.6 is 11.8 Å².